The Labute approximate surface area is 142 Å². The lowest BCUT2D eigenvalue weighted by molar-refractivity contribution is -0.172. The van der Waals surface area contributed by atoms with Gasteiger partial charge in [0.2, 0.25) is 0 Å². The number of carbonyl (C=O) groups is 3. The second-order valence-electron chi connectivity index (χ2n) is 6.27. The molecule has 1 aromatic carbocycles. The molecule has 0 spiro atoms. The van der Waals surface area contributed by atoms with Crippen LogP contribution in [0.3, 0.4) is 0 Å². The first-order chi connectivity index (χ1) is 11.5. The molecule has 0 aliphatic heterocycles. The lowest BCUT2D eigenvalue weighted by Gasteiger charge is -2.29. The summed E-state index contributed by atoms with van der Waals surface area (Å²) in [7, 11) is 2.53. The van der Waals surface area contributed by atoms with Gasteiger partial charge in [-0.2, -0.15) is 0 Å². The highest BCUT2D eigenvalue weighted by Crippen LogP contribution is 2.47. The highest BCUT2D eigenvalue weighted by atomic mass is 16.5. The van der Waals surface area contributed by atoms with Crippen molar-refractivity contribution in [3.63, 3.8) is 0 Å². The van der Waals surface area contributed by atoms with E-state index in [-0.39, 0.29) is 18.1 Å². The number of hydrogen-bond acceptors (Lipinski definition) is 5. The number of esters is 2. The van der Waals surface area contributed by atoms with Crippen LogP contribution >= 0.6 is 0 Å². The molecule has 0 heterocycles. The first kappa shape index (κ1) is 18.2. The van der Waals surface area contributed by atoms with Crippen LogP contribution in [0.25, 0.3) is 0 Å². The van der Waals surface area contributed by atoms with E-state index in [0.29, 0.717) is 32.1 Å². The SMILES string of the molecule is COC(=O)C1(C(=O)OC)CCC[C@H]1CC(=O)CCc1ccccc1. The topological polar surface area (TPSA) is 69.7 Å². The lowest BCUT2D eigenvalue weighted by Crippen LogP contribution is -2.44. The fraction of sp³-hybridized carbons (Fsp3) is 0.526. The Kier molecular flexibility index (Phi) is 6.12. The van der Waals surface area contributed by atoms with Crippen LogP contribution in [-0.4, -0.2) is 31.9 Å². The van der Waals surface area contributed by atoms with E-state index in [1.807, 2.05) is 30.3 Å². The van der Waals surface area contributed by atoms with Crippen LogP contribution in [0.1, 0.15) is 37.7 Å². The Bertz CT molecular complexity index is 577. The third-order valence-corrected chi connectivity index (χ3v) is 4.93. The maximum absolute atomic E-state index is 12.4. The fourth-order valence-corrected chi connectivity index (χ4v) is 3.64. The van der Waals surface area contributed by atoms with Crippen molar-refractivity contribution in [2.24, 2.45) is 11.3 Å². The molecule has 1 atom stereocenters. The van der Waals surface area contributed by atoms with Crippen molar-refractivity contribution in [2.75, 3.05) is 14.2 Å². The van der Waals surface area contributed by atoms with Crippen molar-refractivity contribution >= 4 is 17.7 Å². The van der Waals surface area contributed by atoms with Gasteiger partial charge in [0.25, 0.3) is 0 Å². The van der Waals surface area contributed by atoms with Crippen LogP contribution in [0.5, 0.6) is 0 Å². The van der Waals surface area contributed by atoms with Gasteiger partial charge in [-0.15, -0.1) is 0 Å². The molecule has 130 valence electrons. The number of methoxy groups -OCH3 is 2. The molecule has 1 aromatic rings. The van der Waals surface area contributed by atoms with Gasteiger partial charge in [-0.3, -0.25) is 14.4 Å². The summed E-state index contributed by atoms with van der Waals surface area (Å²) in [6.07, 6.45) is 3.01. The molecule has 0 bridgehead atoms. The van der Waals surface area contributed by atoms with E-state index in [1.54, 1.807) is 0 Å². The molecule has 0 N–H and O–H groups in total. The van der Waals surface area contributed by atoms with E-state index in [0.717, 1.165) is 5.56 Å². The van der Waals surface area contributed by atoms with E-state index < -0.39 is 17.4 Å². The van der Waals surface area contributed by atoms with Crippen molar-refractivity contribution in [3.05, 3.63) is 35.9 Å². The van der Waals surface area contributed by atoms with Crippen molar-refractivity contribution < 1.29 is 23.9 Å². The van der Waals surface area contributed by atoms with Crippen LogP contribution < -0.4 is 0 Å². The largest absolute Gasteiger partial charge is 0.468 e. The second-order valence-corrected chi connectivity index (χ2v) is 6.27. The molecule has 0 radical (unpaired) electrons. The Morgan fingerprint density at radius 1 is 1.08 bits per heavy atom. The third-order valence-electron chi connectivity index (χ3n) is 4.93. The number of rotatable bonds is 7. The second kappa shape index (κ2) is 8.08. The first-order valence-corrected chi connectivity index (χ1v) is 8.27. The van der Waals surface area contributed by atoms with E-state index >= 15 is 0 Å². The molecule has 1 aliphatic rings. The minimum atomic E-state index is -1.33. The molecule has 24 heavy (non-hydrogen) atoms. The summed E-state index contributed by atoms with van der Waals surface area (Å²) in [5.74, 6) is -1.47. The normalized spacial score (nSPS) is 18.8. The monoisotopic (exact) mass is 332 g/mol. The Hall–Kier alpha value is -2.17. The lowest BCUT2D eigenvalue weighted by atomic mass is 9.75. The van der Waals surface area contributed by atoms with Gasteiger partial charge in [0.15, 0.2) is 5.41 Å². The van der Waals surface area contributed by atoms with Crippen molar-refractivity contribution in [2.45, 2.75) is 38.5 Å². The number of benzene rings is 1. The number of aryl methyl sites for hydroxylation is 1. The van der Waals surface area contributed by atoms with Gasteiger partial charge < -0.3 is 9.47 Å². The molecular formula is C19H24O5. The van der Waals surface area contributed by atoms with Crippen LogP contribution in [0.15, 0.2) is 30.3 Å². The summed E-state index contributed by atoms with van der Waals surface area (Å²) in [4.78, 5) is 36.9. The van der Waals surface area contributed by atoms with Crippen molar-refractivity contribution in [1.82, 2.24) is 0 Å². The summed E-state index contributed by atoms with van der Waals surface area (Å²) in [6.45, 7) is 0. The molecule has 0 unspecified atom stereocenters. The van der Waals surface area contributed by atoms with Gasteiger partial charge in [0.05, 0.1) is 14.2 Å². The number of ether oxygens (including phenoxy) is 2. The average Bonchev–Trinajstić information content (AvgIpc) is 3.03. The number of hydrogen-bond donors (Lipinski definition) is 0. The number of Topliss-reactive ketones (excluding diaryl/α,β-unsaturated/α-hetero) is 1. The van der Waals surface area contributed by atoms with Gasteiger partial charge in [0.1, 0.15) is 5.78 Å². The molecule has 1 fully saturated rings. The molecular weight excluding hydrogens is 308 g/mol. The van der Waals surface area contributed by atoms with Crippen molar-refractivity contribution in [1.29, 1.82) is 0 Å². The highest BCUT2D eigenvalue weighted by molar-refractivity contribution is 6.01. The van der Waals surface area contributed by atoms with Gasteiger partial charge in [0, 0.05) is 12.8 Å². The van der Waals surface area contributed by atoms with Crippen molar-refractivity contribution in [3.8, 4) is 0 Å². The van der Waals surface area contributed by atoms with Gasteiger partial charge in [-0.1, -0.05) is 36.8 Å². The van der Waals surface area contributed by atoms with Crippen LogP contribution in [0.4, 0.5) is 0 Å². The molecule has 1 aliphatic carbocycles. The van der Waals surface area contributed by atoms with Gasteiger partial charge >= 0.3 is 11.9 Å². The van der Waals surface area contributed by atoms with E-state index in [9.17, 15) is 14.4 Å². The predicted octanol–water partition coefficient (Wildman–Crippen LogP) is 2.71. The minimum absolute atomic E-state index is 0.0583. The Balaban J connectivity index is 2.04. The van der Waals surface area contributed by atoms with Crippen LogP contribution in [-0.2, 0) is 30.3 Å². The maximum Gasteiger partial charge on any atom is 0.323 e. The summed E-state index contributed by atoms with van der Waals surface area (Å²) in [6, 6.07) is 9.78. The number of carbonyl (C=O) groups excluding carboxylic acids is 3. The molecule has 5 heteroatoms. The summed E-state index contributed by atoms with van der Waals surface area (Å²) in [5, 5.41) is 0. The van der Waals surface area contributed by atoms with E-state index in [2.05, 4.69) is 0 Å². The predicted molar refractivity (Wildman–Crippen MR) is 88.2 cm³/mol. The smallest absolute Gasteiger partial charge is 0.323 e. The maximum atomic E-state index is 12.4. The van der Waals surface area contributed by atoms with Crippen LogP contribution in [0, 0.1) is 11.3 Å². The van der Waals surface area contributed by atoms with E-state index in [1.165, 1.54) is 14.2 Å². The molecule has 5 nitrogen and oxygen atoms in total. The number of ketones is 1. The van der Waals surface area contributed by atoms with Gasteiger partial charge in [-0.25, -0.2) is 0 Å². The minimum Gasteiger partial charge on any atom is -0.468 e. The zero-order chi connectivity index (χ0) is 17.6. The zero-order valence-electron chi connectivity index (χ0n) is 14.2. The summed E-state index contributed by atoms with van der Waals surface area (Å²) >= 11 is 0. The molecule has 0 amide bonds. The Morgan fingerprint density at radius 2 is 1.71 bits per heavy atom. The van der Waals surface area contributed by atoms with E-state index in [4.69, 9.17) is 9.47 Å². The summed E-state index contributed by atoms with van der Waals surface area (Å²) < 4.78 is 9.70. The average molecular weight is 332 g/mol. The van der Waals surface area contributed by atoms with Crippen LogP contribution in [0.2, 0.25) is 0 Å². The molecule has 0 saturated heterocycles. The first-order valence-electron chi connectivity index (χ1n) is 8.27. The quantitative estimate of drug-likeness (QED) is 0.567. The van der Waals surface area contributed by atoms with Gasteiger partial charge in [-0.05, 0) is 30.7 Å². The molecule has 0 aromatic heterocycles. The fourth-order valence-electron chi connectivity index (χ4n) is 3.64. The zero-order valence-corrected chi connectivity index (χ0v) is 14.2. The third kappa shape index (κ3) is 3.66. The highest BCUT2D eigenvalue weighted by Gasteiger charge is 2.57. The standard InChI is InChI=1S/C19H24O5/c1-23-17(21)19(18(22)24-2)12-6-9-15(19)13-16(20)11-10-14-7-4-3-5-8-14/h3-5,7-8,15H,6,9-13H2,1-2H3/t15-/m0/s1. The molecule has 1 saturated carbocycles. The Morgan fingerprint density at radius 3 is 2.29 bits per heavy atom. The summed E-state index contributed by atoms with van der Waals surface area (Å²) in [5.41, 5.74) is -0.226. The molecule has 2 rings (SSSR count).